The largest absolute Gasteiger partial charge is 0.370 e. The molecule has 0 radical (unpaired) electrons. The molecule has 0 amide bonds. The Kier molecular flexibility index (Phi) is 3.97. The van der Waals surface area contributed by atoms with Crippen LogP contribution in [-0.4, -0.2) is 17.3 Å². The van der Waals surface area contributed by atoms with Gasteiger partial charge in [0, 0.05) is 20.0 Å². The minimum absolute atomic E-state index is 0.241. The van der Waals surface area contributed by atoms with Crippen molar-refractivity contribution in [2.75, 3.05) is 7.11 Å². The van der Waals surface area contributed by atoms with E-state index in [-0.39, 0.29) is 11.5 Å². The summed E-state index contributed by atoms with van der Waals surface area (Å²) in [5.41, 5.74) is -0.347. The van der Waals surface area contributed by atoms with Crippen LogP contribution >= 0.6 is 0 Å². The van der Waals surface area contributed by atoms with Crippen LogP contribution in [0.4, 0.5) is 0 Å². The predicted molar refractivity (Wildman–Crippen MR) is 64.6 cm³/mol. The minimum atomic E-state index is -0.347. The zero-order valence-electron chi connectivity index (χ0n) is 11.0. The first-order valence-electron chi connectivity index (χ1n) is 6.45. The van der Waals surface area contributed by atoms with Gasteiger partial charge in [0.25, 0.3) is 0 Å². The van der Waals surface area contributed by atoms with E-state index in [1.807, 2.05) is 6.92 Å². The summed E-state index contributed by atoms with van der Waals surface area (Å²) in [6, 6.07) is 2.15. The maximum absolute atomic E-state index is 8.63. The lowest BCUT2D eigenvalue weighted by Gasteiger charge is -2.22. The lowest BCUT2D eigenvalue weighted by Crippen LogP contribution is -2.26. The van der Waals surface area contributed by atoms with Gasteiger partial charge in [0.1, 0.15) is 5.60 Å². The van der Waals surface area contributed by atoms with Crippen LogP contribution in [0.3, 0.4) is 0 Å². The Morgan fingerprint density at radius 3 is 2.83 bits per heavy atom. The lowest BCUT2D eigenvalue weighted by molar-refractivity contribution is -0.0178. The molecule has 1 aliphatic rings. The summed E-state index contributed by atoms with van der Waals surface area (Å²) in [7, 11) is 1.71. The van der Waals surface area contributed by atoms with Gasteiger partial charge in [-0.15, -0.1) is 0 Å². The summed E-state index contributed by atoms with van der Waals surface area (Å²) in [6.45, 7) is 2.01. The second-order valence-corrected chi connectivity index (χ2v) is 5.09. The molecule has 0 aliphatic heterocycles. The average molecular weight is 249 g/mol. The van der Waals surface area contributed by atoms with Crippen molar-refractivity contribution in [2.24, 2.45) is 5.92 Å². The van der Waals surface area contributed by atoms with Gasteiger partial charge in [-0.1, -0.05) is 12.1 Å². The molecule has 1 atom stereocenters. The number of hydrogen-bond donors (Lipinski definition) is 0. The van der Waals surface area contributed by atoms with Gasteiger partial charge in [-0.25, -0.2) is 0 Å². The highest BCUT2D eigenvalue weighted by atomic mass is 16.5. The Bertz CT molecular complexity index is 430. The zero-order valence-corrected chi connectivity index (χ0v) is 11.0. The molecule has 1 aromatic heterocycles. The predicted octanol–water partition coefficient (Wildman–Crippen LogP) is 2.58. The van der Waals surface area contributed by atoms with E-state index in [1.54, 1.807) is 7.11 Å². The highest BCUT2D eigenvalue weighted by molar-refractivity contribution is 5.04. The second kappa shape index (κ2) is 5.49. The Labute approximate surface area is 107 Å². The van der Waals surface area contributed by atoms with Crippen LogP contribution in [0.5, 0.6) is 0 Å². The van der Waals surface area contributed by atoms with Crippen LogP contribution < -0.4 is 0 Å². The molecule has 1 heterocycles. The molecule has 1 fully saturated rings. The Hall–Kier alpha value is -1.41. The maximum Gasteiger partial charge on any atom is 0.227 e. The van der Waals surface area contributed by atoms with Crippen molar-refractivity contribution in [1.29, 1.82) is 5.26 Å². The highest BCUT2D eigenvalue weighted by Gasteiger charge is 2.40. The molecule has 0 spiro atoms. The van der Waals surface area contributed by atoms with Gasteiger partial charge in [0.15, 0.2) is 0 Å². The standard InChI is InChI=1S/C13H19N3O2/c1-10(5-8-14)9-11-15-12(16-18-11)13(17-2)6-3-4-7-13/h10H,3-7,9H2,1-2H3. The fourth-order valence-corrected chi connectivity index (χ4v) is 2.51. The van der Waals surface area contributed by atoms with E-state index in [2.05, 4.69) is 16.2 Å². The van der Waals surface area contributed by atoms with Gasteiger partial charge < -0.3 is 9.26 Å². The van der Waals surface area contributed by atoms with Gasteiger partial charge in [0.05, 0.1) is 6.07 Å². The molecule has 0 saturated heterocycles. The van der Waals surface area contributed by atoms with E-state index >= 15 is 0 Å². The van der Waals surface area contributed by atoms with E-state index in [4.69, 9.17) is 14.5 Å². The summed E-state index contributed by atoms with van der Waals surface area (Å²) in [5.74, 6) is 1.52. The smallest absolute Gasteiger partial charge is 0.227 e. The molecule has 1 aromatic rings. The third-order valence-corrected chi connectivity index (χ3v) is 3.64. The van der Waals surface area contributed by atoms with E-state index in [0.29, 0.717) is 24.6 Å². The maximum atomic E-state index is 8.63. The third-order valence-electron chi connectivity index (χ3n) is 3.64. The fourth-order valence-electron chi connectivity index (χ4n) is 2.51. The Morgan fingerprint density at radius 2 is 2.22 bits per heavy atom. The number of ether oxygens (including phenoxy) is 1. The lowest BCUT2D eigenvalue weighted by atomic mass is 10.0. The molecule has 0 bridgehead atoms. The van der Waals surface area contributed by atoms with Gasteiger partial charge in [0.2, 0.25) is 11.7 Å². The van der Waals surface area contributed by atoms with Crippen LogP contribution in [0.15, 0.2) is 4.52 Å². The molecule has 98 valence electrons. The molecular weight excluding hydrogens is 230 g/mol. The van der Waals surface area contributed by atoms with E-state index in [1.165, 1.54) is 0 Å². The summed E-state index contributed by atoms with van der Waals surface area (Å²) < 4.78 is 10.9. The van der Waals surface area contributed by atoms with Crippen molar-refractivity contribution in [3.05, 3.63) is 11.7 Å². The third kappa shape index (κ3) is 2.54. The first-order valence-corrected chi connectivity index (χ1v) is 6.45. The molecule has 18 heavy (non-hydrogen) atoms. The van der Waals surface area contributed by atoms with Crippen LogP contribution in [0, 0.1) is 17.2 Å². The molecule has 5 nitrogen and oxygen atoms in total. The van der Waals surface area contributed by atoms with E-state index in [0.717, 1.165) is 25.7 Å². The molecular formula is C13H19N3O2. The van der Waals surface area contributed by atoms with Gasteiger partial charge >= 0.3 is 0 Å². The van der Waals surface area contributed by atoms with Crippen LogP contribution in [0.2, 0.25) is 0 Å². The number of aromatic nitrogens is 2. The Balaban J connectivity index is 2.08. The molecule has 1 saturated carbocycles. The topological polar surface area (TPSA) is 71.9 Å². The monoisotopic (exact) mass is 249 g/mol. The van der Waals surface area contributed by atoms with Crippen LogP contribution in [0.25, 0.3) is 0 Å². The molecule has 1 aliphatic carbocycles. The van der Waals surface area contributed by atoms with Gasteiger partial charge in [-0.05, 0) is 31.6 Å². The minimum Gasteiger partial charge on any atom is -0.370 e. The zero-order chi connectivity index (χ0) is 13.0. The Morgan fingerprint density at radius 1 is 1.50 bits per heavy atom. The fraction of sp³-hybridized carbons (Fsp3) is 0.769. The van der Waals surface area contributed by atoms with Crippen molar-refractivity contribution < 1.29 is 9.26 Å². The quantitative estimate of drug-likeness (QED) is 0.802. The van der Waals surface area contributed by atoms with Crippen LogP contribution in [0.1, 0.15) is 50.7 Å². The van der Waals surface area contributed by atoms with E-state index < -0.39 is 0 Å². The molecule has 5 heteroatoms. The normalized spacial score (nSPS) is 19.6. The number of rotatable bonds is 5. The number of hydrogen-bond acceptors (Lipinski definition) is 5. The number of methoxy groups -OCH3 is 1. The molecule has 0 N–H and O–H groups in total. The number of nitrogens with zero attached hydrogens (tertiary/aromatic N) is 3. The summed E-state index contributed by atoms with van der Waals surface area (Å²) in [5, 5.41) is 12.7. The molecule has 1 unspecified atom stereocenters. The summed E-state index contributed by atoms with van der Waals surface area (Å²) in [6.07, 6.45) is 5.35. The van der Waals surface area contributed by atoms with Crippen LogP contribution in [-0.2, 0) is 16.8 Å². The second-order valence-electron chi connectivity index (χ2n) is 5.09. The van der Waals surface area contributed by atoms with Crippen molar-refractivity contribution in [2.45, 2.75) is 51.0 Å². The summed E-state index contributed by atoms with van der Waals surface area (Å²) in [4.78, 5) is 4.45. The van der Waals surface area contributed by atoms with Crippen molar-refractivity contribution >= 4 is 0 Å². The molecule has 2 rings (SSSR count). The molecule has 0 aromatic carbocycles. The van der Waals surface area contributed by atoms with Crippen molar-refractivity contribution in [1.82, 2.24) is 10.1 Å². The first kappa shape index (κ1) is 13.0. The van der Waals surface area contributed by atoms with E-state index in [9.17, 15) is 0 Å². The van der Waals surface area contributed by atoms with Crippen molar-refractivity contribution in [3.63, 3.8) is 0 Å². The average Bonchev–Trinajstić information content (AvgIpc) is 2.98. The SMILES string of the molecule is COC1(c2noc(CC(C)CC#N)n2)CCCC1. The summed E-state index contributed by atoms with van der Waals surface area (Å²) >= 11 is 0. The van der Waals surface area contributed by atoms with Gasteiger partial charge in [-0.2, -0.15) is 10.2 Å². The highest BCUT2D eigenvalue weighted by Crippen LogP contribution is 2.40. The van der Waals surface area contributed by atoms with Crippen molar-refractivity contribution in [3.8, 4) is 6.07 Å². The number of nitriles is 1. The van der Waals surface area contributed by atoms with Gasteiger partial charge in [-0.3, -0.25) is 0 Å². The first-order chi connectivity index (χ1) is 8.70.